The lowest BCUT2D eigenvalue weighted by molar-refractivity contribution is 0.219. The molecule has 56 valence electrons. The van der Waals surface area contributed by atoms with Gasteiger partial charge in [-0.2, -0.15) is 0 Å². The molecule has 0 aromatic rings. The van der Waals surface area contributed by atoms with Crippen molar-refractivity contribution < 1.29 is 10.2 Å². The second kappa shape index (κ2) is 4.66. The number of hydrogen-bond acceptors (Lipinski definition) is 2. The van der Waals surface area contributed by atoms with E-state index in [1.165, 1.54) is 0 Å². The van der Waals surface area contributed by atoms with Crippen LogP contribution in [0.15, 0.2) is 0 Å². The van der Waals surface area contributed by atoms with Gasteiger partial charge in [-0.25, -0.2) is 0 Å². The number of hydrogen-bond donors (Lipinski definition) is 2. The molecule has 0 saturated carbocycles. The molecule has 0 saturated heterocycles. The van der Waals surface area contributed by atoms with Crippen molar-refractivity contribution in [1.29, 1.82) is 0 Å². The van der Waals surface area contributed by atoms with Gasteiger partial charge in [-0.1, -0.05) is 0 Å². The Bertz CT molecular complexity index is 69.8. The van der Waals surface area contributed by atoms with E-state index in [0.29, 0.717) is 6.42 Å². The molecule has 9 heavy (non-hydrogen) atoms. The van der Waals surface area contributed by atoms with Crippen LogP contribution in [0.3, 0.4) is 0 Å². The largest absolute Gasteiger partial charge is 0.396 e. The van der Waals surface area contributed by atoms with Gasteiger partial charge < -0.3 is 10.2 Å². The average Bonchev–Trinajstić information content (AvgIpc) is 1.63. The maximum atomic E-state index is 9.00. The fourth-order valence-corrected chi connectivity index (χ4v) is 1.01. The van der Waals surface area contributed by atoms with Gasteiger partial charge in [-0.15, -0.1) is 0 Å². The van der Waals surface area contributed by atoms with E-state index >= 15 is 0 Å². The first-order chi connectivity index (χ1) is 4.06. The van der Waals surface area contributed by atoms with Crippen LogP contribution in [0.2, 0.25) is 0 Å². The van der Waals surface area contributed by atoms with Crippen LogP contribution in [0.25, 0.3) is 0 Å². The van der Waals surface area contributed by atoms with Gasteiger partial charge in [0.15, 0.2) is 3.42 Å². The normalized spacial score (nSPS) is 12.0. The summed E-state index contributed by atoms with van der Waals surface area (Å²) in [4.78, 5) is 0. The highest BCUT2D eigenvalue weighted by atomic mass is 79.9. The number of aliphatic hydroxyl groups excluding tert-OH is 1. The summed E-state index contributed by atoms with van der Waals surface area (Å²) in [6.45, 7) is 0.191. The standard InChI is InChI=1S/C5H10Br2O2/c6-5(7,9)3-1-2-4-8/h8-9H,1-4H2. The van der Waals surface area contributed by atoms with Crippen molar-refractivity contribution in [2.45, 2.75) is 22.7 Å². The molecule has 0 atom stereocenters. The Hall–Kier alpha value is 0.880. The van der Waals surface area contributed by atoms with Crippen molar-refractivity contribution in [2.24, 2.45) is 0 Å². The molecular weight excluding hydrogens is 252 g/mol. The first-order valence-electron chi connectivity index (χ1n) is 2.77. The van der Waals surface area contributed by atoms with Crippen molar-refractivity contribution in [1.82, 2.24) is 0 Å². The molecule has 0 amide bonds. The quantitative estimate of drug-likeness (QED) is 0.596. The molecule has 0 bridgehead atoms. The Labute approximate surface area is 71.5 Å². The minimum absolute atomic E-state index is 0.191. The fourth-order valence-electron chi connectivity index (χ4n) is 0.449. The van der Waals surface area contributed by atoms with Crippen LogP contribution in [0.4, 0.5) is 0 Å². The molecule has 0 fully saturated rings. The zero-order chi connectivity index (χ0) is 7.33. The Morgan fingerprint density at radius 1 is 1.22 bits per heavy atom. The van der Waals surface area contributed by atoms with E-state index in [4.69, 9.17) is 10.2 Å². The summed E-state index contributed by atoms with van der Waals surface area (Å²) < 4.78 is -0.935. The topological polar surface area (TPSA) is 40.5 Å². The molecule has 0 aromatic carbocycles. The van der Waals surface area contributed by atoms with Crippen LogP contribution in [-0.2, 0) is 0 Å². The van der Waals surface area contributed by atoms with E-state index < -0.39 is 3.42 Å². The maximum absolute atomic E-state index is 9.00. The summed E-state index contributed by atoms with van der Waals surface area (Å²) in [7, 11) is 0. The predicted octanol–water partition coefficient (Wildman–Crippen LogP) is 1.58. The Morgan fingerprint density at radius 3 is 2.11 bits per heavy atom. The third-order valence-corrected chi connectivity index (χ3v) is 1.68. The number of rotatable bonds is 4. The van der Waals surface area contributed by atoms with E-state index in [1.807, 2.05) is 0 Å². The third-order valence-electron chi connectivity index (χ3n) is 0.886. The smallest absolute Gasteiger partial charge is 0.174 e. The molecule has 0 aliphatic carbocycles. The van der Waals surface area contributed by atoms with Crippen molar-refractivity contribution in [3.8, 4) is 0 Å². The molecule has 0 aliphatic rings. The summed E-state index contributed by atoms with van der Waals surface area (Å²) in [6.07, 6.45) is 2.15. The molecule has 4 heteroatoms. The highest BCUT2D eigenvalue weighted by Crippen LogP contribution is 2.27. The van der Waals surface area contributed by atoms with Gasteiger partial charge in [0.25, 0.3) is 0 Å². The maximum Gasteiger partial charge on any atom is 0.174 e. The molecule has 0 rings (SSSR count). The highest BCUT2D eigenvalue weighted by Gasteiger charge is 2.15. The molecule has 2 nitrogen and oxygen atoms in total. The highest BCUT2D eigenvalue weighted by molar-refractivity contribution is 9.25. The van der Waals surface area contributed by atoms with Gasteiger partial charge in [0, 0.05) is 6.61 Å². The van der Waals surface area contributed by atoms with Crippen LogP contribution in [-0.4, -0.2) is 20.2 Å². The van der Waals surface area contributed by atoms with Crippen LogP contribution in [0.5, 0.6) is 0 Å². The number of alkyl halides is 2. The first kappa shape index (κ1) is 9.88. The summed E-state index contributed by atoms with van der Waals surface area (Å²) in [5.74, 6) is 0. The molecule has 0 unspecified atom stereocenters. The summed E-state index contributed by atoms with van der Waals surface area (Å²) in [6, 6.07) is 0. The molecule has 0 heterocycles. The second-order valence-electron chi connectivity index (χ2n) is 1.85. The van der Waals surface area contributed by atoms with E-state index in [9.17, 15) is 0 Å². The third kappa shape index (κ3) is 8.88. The number of unbranched alkanes of at least 4 members (excludes halogenated alkanes) is 1. The first-order valence-corrected chi connectivity index (χ1v) is 4.36. The van der Waals surface area contributed by atoms with E-state index in [0.717, 1.165) is 12.8 Å². The lowest BCUT2D eigenvalue weighted by Crippen LogP contribution is -2.08. The predicted molar refractivity (Wildman–Crippen MR) is 43.7 cm³/mol. The fraction of sp³-hybridized carbons (Fsp3) is 1.00. The van der Waals surface area contributed by atoms with Gasteiger partial charge >= 0.3 is 0 Å². The van der Waals surface area contributed by atoms with Crippen LogP contribution < -0.4 is 0 Å². The zero-order valence-electron chi connectivity index (χ0n) is 4.98. The van der Waals surface area contributed by atoms with Gasteiger partial charge in [-0.3, -0.25) is 0 Å². The van der Waals surface area contributed by atoms with Crippen molar-refractivity contribution in [2.75, 3.05) is 6.61 Å². The summed E-state index contributed by atoms with van der Waals surface area (Å²) in [5, 5.41) is 17.3. The summed E-state index contributed by atoms with van der Waals surface area (Å²) >= 11 is 6.00. The average molecular weight is 262 g/mol. The van der Waals surface area contributed by atoms with Crippen molar-refractivity contribution >= 4 is 31.9 Å². The summed E-state index contributed by atoms with van der Waals surface area (Å²) in [5.41, 5.74) is 0. The molecular formula is C5H10Br2O2. The van der Waals surface area contributed by atoms with Gasteiger partial charge in [0.2, 0.25) is 0 Å². The van der Waals surface area contributed by atoms with Crippen molar-refractivity contribution in [3.63, 3.8) is 0 Å². The molecule has 2 N–H and O–H groups in total. The van der Waals surface area contributed by atoms with Gasteiger partial charge in [-0.05, 0) is 51.1 Å². The minimum Gasteiger partial charge on any atom is -0.396 e. The van der Waals surface area contributed by atoms with Crippen LogP contribution >= 0.6 is 31.9 Å². The lowest BCUT2D eigenvalue weighted by atomic mass is 10.2. The Balaban J connectivity index is 3.07. The van der Waals surface area contributed by atoms with E-state index in [1.54, 1.807) is 0 Å². The van der Waals surface area contributed by atoms with E-state index in [-0.39, 0.29) is 6.61 Å². The Morgan fingerprint density at radius 2 is 1.78 bits per heavy atom. The van der Waals surface area contributed by atoms with Gasteiger partial charge in [0.1, 0.15) is 0 Å². The number of halogens is 2. The minimum atomic E-state index is -0.935. The van der Waals surface area contributed by atoms with Crippen molar-refractivity contribution in [3.05, 3.63) is 0 Å². The zero-order valence-corrected chi connectivity index (χ0v) is 8.15. The van der Waals surface area contributed by atoms with Crippen LogP contribution in [0, 0.1) is 0 Å². The van der Waals surface area contributed by atoms with Crippen LogP contribution in [0.1, 0.15) is 19.3 Å². The molecule has 0 aromatic heterocycles. The SMILES string of the molecule is OCCCCC(O)(Br)Br. The molecule has 0 aliphatic heterocycles. The second-order valence-corrected chi connectivity index (χ2v) is 5.53. The molecule has 0 spiro atoms. The number of aliphatic hydroxyl groups is 2. The van der Waals surface area contributed by atoms with E-state index in [2.05, 4.69) is 31.9 Å². The van der Waals surface area contributed by atoms with Gasteiger partial charge in [0.05, 0.1) is 0 Å². The Kier molecular flexibility index (Phi) is 5.11. The lowest BCUT2D eigenvalue weighted by Gasteiger charge is -2.10. The monoisotopic (exact) mass is 260 g/mol. The molecule has 0 radical (unpaired) electrons.